The number of hydroxylamine groups is 1. The van der Waals surface area contributed by atoms with Gasteiger partial charge in [0.25, 0.3) is 5.91 Å². The topological polar surface area (TPSA) is 78.4 Å². The van der Waals surface area contributed by atoms with E-state index in [0.717, 1.165) is 18.6 Å². The predicted molar refractivity (Wildman–Crippen MR) is 87.3 cm³/mol. The van der Waals surface area contributed by atoms with Crippen LogP contribution in [0.2, 0.25) is 0 Å². The van der Waals surface area contributed by atoms with Gasteiger partial charge in [0.1, 0.15) is 6.04 Å². The lowest BCUT2D eigenvalue weighted by Gasteiger charge is -2.14. The number of allylic oxidation sites excluding steroid dienone is 3. The highest BCUT2D eigenvalue weighted by atomic mass is 32.2. The highest BCUT2D eigenvalue weighted by Crippen LogP contribution is 2.10. The molecule has 0 saturated carbocycles. The summed E-state index contributed by atoms with van der Waals surface area (Å²) in [5, 5.41) is 11.1. The minimum Gasteiger partial charge on any atom is -0.344 e. The first-order chi connectivity index (χ1) is 9.86. The van der Waals surface area contributed by atoms with Crippen molar-refractivity contribution in [2.75, 3.05) is 11.5 Å². The maximum Gasteiger partial charge on any atom is 0.266 e. The third kappa shape index (κ3) is 11.1. The Morgan fingerprint density at radius 2 is 1.86 bits per heavy atom. The van der Waals surface area contributed by atoms with E-state index in [0.29, 0.717) is 5.75 Å². The molecule has 0 rings (SSSR count). The van der Waals surface area contributed by atoms with Crippen molar-refractivity contribution < 1.29 is 14.8 Å². The predicted octanol–water partition coefficient (Wildman–Crippen LogP) is 2.42. The van der Waals surface area contributed by atoms with E-state index < -0.39 is 11.9 Å². The smallest absolute Gasteiger partial charge is 0.266 e. The number of carbonyl (C=O) groups excluding carboxylic acids is 2. The van der Waals surface area contributed by atoms with Gasteiger partial charge < -0.3 is 5.32 Å². The van der Waals surface area contributed by atoms with Crippen molar-refractivity contribution in [2.24, 2.45) is 0 Å². The van der Waals surface area contributed by atoms with Gasteiger partial charge in [0, 0.05) is 18.4 Å². The molecule has 2 amide bonds. The molecule has 21 heavy (non-hydrogen) atoms. The molecular weight excluding hydrogens is 288 g/mol. The van der Waals surface area contributed by atoms with E-state index in [-0.39, 0.29) is 5.91 Å². The van der Waals surface area contributed by atoms with Gasteiger partial charge in [0.15, 0.2) is 0 Å². The largest absolute Gasteiger partial charge is 0.344 e. The van der Waals surface area contributed by atoms with Crippen LogP contribution in [-0.2, 0) is 9.59 Å². The van der Waals surface area contributed by atoms with Crippen LogP contribution in [0.25, 0.3) is 0 Å². The second-order valence-electron chi connectivity index (χ2n) is 5.14. The summed E-state index contributed by atoms with van der Waals surface area (Å²) < 4.78 is 0. The van der Waals surface area contributed by atoms with Crippen LogP contribution in [0.3, 0.4) is 0 Å². The van der Waals surface area contributed by atoms with Crippen molar-refractivity contribution in [1.82, 2.24) is 10.8 Å². The average molecular weight is 314 g/mol. The summed E-state index contributed by atoms with van der Waals surface area (Å²) in [5.74, 6) is 0.304. The van der Waals surface area contributed by atoms with Crippen LogP contribution < -0.4 is 10.8 Å². The van der Waals surface area contributed by atoms with Gasteiger partial charge in [-0.15, -0.1) is 0 Å². The second-order valence-corrected chi connectivity index (χ2v) is 6.21. The average Bonchev–Trinajstić information content (AvgIpc) is 2.40. The molecule has 5 nitrogen and oxygen atoms in total. The Morgan fingerprint density at radius 1 is 1.19 bits per heavy atom. The van der Waals surface area contributed by atoms with Crippen molar-refractivity contribution >= 4 is 23.6 Å². The first-order valence-corrected chi connectivity index (χ1v) is 8.10. The normalized spacial score (nSPS) is 12.5. The molecule has 0 aromatic carbocycles. The molecule has 0 aliphatic rings. The van der Waals surface area contributed by atoms with Crippen LogP contribution in [0, 0.1) is 0 Å². The Balaban J connectivity index is 4.10. The minimum atomic E-state index is -0.711. The molecule has 1 atom stereocenters. The van der Waals surface area contributed by atoms with Gasteiger partial charge in [-0.1, -0.05) is 23.3 Å². The number of nitrogens with one attached hydrogen (secondary N) is 2. The van der Waals surface area contributed by atoms with Crippen LogP contribution in [0.1, 0.15) is 40.5 Å². The minimum absolute atomic E-state index is 0.294. The molecule has 0 aliphatic heterocycles. The maximum atomic E-state index is 11.4. The zero-order valence-electron chi connectivity index (χ0n) is 13.2. The zero-order chi connectivity index (χ0) is 16.3. The van der Waals surface area contributed by atoms with E-state index in [4.69, 9.17) is 5.21 Å². The van der Waals surface area contributed by atoms with Gasteiger partial charge in [-0.3, -0.25) is 14.8 Å². The van der Waals surface area contributed by atoms with Gasteiger partial charge >= 0.3 is 0 Å². The summed E-state index contributed by atoms with van der Waals surface area (Å²) in [6.45, 7) is 7.60. The molecule has 0 aliphatic carbocycles. The van der Waals surface area contributed by atoms with E-state index in [1.807, 2.05) is 0 Å². The molecule has 0 bridgehead atoms. The highest BCUT2D eigenvalue weighted by molar-refractivity contribution is 7.99. The molecule has 0 radical (unpaired) electrons. The first-order valence-electron chi connectivity index (χ1n) is 6.94. The third-order valence-electron chi connectivity index (χ3n) is 2.73. The number of amides is 2. The van der Waals surface area contributed by atoms with Crippen molar-refractivity contribution in [3.05, 3.63) is 23.3 Å². The van der Waals surface area contributed by atoms with Crippen molar-refractivity contribution in [3.63, 3.8) is 0 Å². The fraction of sp³-hybridized carbons (Fsp3) is 0.600. The van der Waals surface area contributed by atoms with E-state index >= 15 is 0 Å². The molecule has 6 heteroatoms. The van der Waals surface area contributed by atoms with Gasteiger partial charge in [-0.05, 0) is 33.6 Å². The first kappa shape index (κ1) is 19.7. The standard InChI is InChI=1S/C15H26N2O3S/c1-11(2)6-5-7-12(3)8-9-21-10-14(15(19)17-20)16-13(4)18/h6,8,14,20H,5,7,9-10H2,1-4H3,(H,16,18)(H,17,19). The van der Waals surface area contributed by atoms with Crippen LogP contribution in [-0.4, -0.2) is 34.6 Å². The summed E-state index contributed by atoms with van der Waals surface area (Å²) >= 11 is 1.54. The van der Waals surface area contributed by atoms with Crippen LogP contribution in [0.4, 0.5) is 0 Å². The molecule has 1 unspecified atom stereocenters. The van der Waals surface area contributed by atoms with E-state index in [9.17, 15) is 9.59 Å². The lowest BCUT2D eigenvalue weighted by molar-refractivity contribution is -0.133. The fourth-order valence-electron chi connectivity index (χ4n) is 1.58. The second kappa shape index (κ2) is 11.4. The molecule has 3 N–H and O–H groups in total. The summed E-state index contributed by atoms with van der Waals surface area (Å²) in [6, 6.07) is -0.711. The Morgan fingerprint density at radius 3 is 2.38 bits per heavy atom. The van der Waals surface area contributed by atoms with E-state index in [2.05, 4.69) is 38.2 Å². The van der Waals surface area contributed by atoms with Crippen LogP contribution >= 0.6 is 11.8 Å². The van der Waals surface area contributed by atoms with Gasteiger partial charge in [0.2, 0.25) is 5.91 Å². The molecule has 0 saturated heterocycles. The van der Waals surface area contributed by atoms with Gasteiger partial charge in [-0.25, -0.2) is 5.48 Å². The number of rotatable bonds is 9. The molecule has 120 valence electrons. The number of hydrogen-bond donors (Lipinski definition) is 3. The lowest BCUT2D eigenvalue weighted by Crippen LogP contribution is -2.46. The monoisotopic (exact) mass is 314 g/mol. The molecule has 0 spiro atoms. The fourth-order valence-corrected chi connectivity index (χ4v) is 2.59. The summed E-state index contributed by atoms with van der Waals surface area (Å²) in [7, 11) is 0. The maximum absolute atomic E-state index is 11.4. The Bertz CT molecular complexity index is 402. The molecule has 0 fully saturated rings. The zero-order valence-corrected chi connectivity index (χ0v) is 14.0. The van der Waals surface area contributed by atoms with Crippen molar-refractivity contribution in [1.29, 1.82) is 0 Å². The third-order valence-corrected chi connectivity index (χ3v) is 3.70. The molecule has 0 aromatic heterocycles. The van der Waals surface area contributed by atoms with Crippen LogP contribution in [0.15, 0.2) is 23.3 Å². The van der Waals surface area contributed by atoms with Crippen molar-refractivity contribution in [3.8, 4) is 0 Å². The van der Waals surface area contributed by atoms with Crippen molar-refractivity contribution in [2.45, 2.75) is 46.6 Å². The lowest BCUT2D eigenvalue weighted by atomic mass is 10.1. The molecule has 0 heterocycles. The molecular formula is C15H26N2O3S. The SMILES string of the molecule is CC(=O)NC(CSCC=C(C)CCC=C(C)C)C(=O)NO. The Labute approximate surface area is 131 Å². The number of hydrogen-bond acceptors (Lipinski definition) is 4. The number of thioether (sulfide) groups is 1. The summed E-state index contributed by atoms with van der Waals surface area (Å²) in [5.41, 5.74) is 4.20. The molecule has 0 aromatic rings. The van der Waals surface area contributed by atoms with E-state index in [1.165, 1.54) is 29.8 Å². The highest BCUT2D eigenvalue weighted by Gasteiger charge is 2.18. The Hall–Kier alpha value is -1.27. The summed E-state index contributed by atoms with van der Waals surface area (Å²) in [6.07, 6.45) is 6.41. The summed E-state index contributed by atoms with van der Waals surface area (Å²) in [4.78, 5) is 22.4. The van der Waals surface area contributed by atoms with E-state index in [1.54, 1.807) is 5.48 Å². The van der Waals surface area contributed by atoms with Gasteiger partial charge in [0.05, 0.1) is 0 Å². The van der Waals surface area contributed by atoms with Crippen LogP contribution in [0.5, 0.6) is 0 Å². The number of carbonyl (C=O) groups is 2. The quantitative estimate of drug-likeness (QED) is 0.264. The van der Waals surface area contributed by atoms with Gasteiger partial charge in [-0.2, -0.15) is 11.8 Å². The Kier molecular flexibility index (Phi) is 10.7.